The van der Waals surface area contributed by atoms with Crippen molar-refractivity contribution in [2.24, 2.45) is 0 Å². The van der Waals surface area contributed by atoms with E-state index in [2.05, 4.69) is 62.8 Å². The molecule has 0 fully saturated rings. The Bertz CT molecular complexity index is 370. The van der Waals surface area contributed by atoms with Gasteiger partial charge < -0.3 is 5.32 Å². The lowest BCUT2D eigenvalue weighted by molar-refractivity contribution is 0.407. The lowest BCUT2D eigenvalue weighted by atomic mass is 10.1. The van der Waals surface area contributed by atoms with Gasteiger partial charge in [0.05, 0.1) is 12.2 Å². The molecular weight excluding hydrogens is 234 g/mol. The monoisotopic (exact) mass is 265 g/mol. The van der Waals surface area contributed by atoms with E-state index in [4.69, 9.17) is 0 Å². The highest BCUT2D eigenvalue weighted by Gasteiger charge is 2.17. The summed E-state index contributed by atoms with van der Waals surface area (Å²) >= 11 is 0. The van der Waals surface area contributed by atoms with Crippen LogP contribution in [0.4, 0.5) is 0 Å². The first-order valence-electron chi connectivity index (χ1n) is 7.73. The summed E-state index contributed by atoms with van der Waals surface area (Å²) in [5.41, 5.74) is 2.94. The SMILES string of the molecule is CCCc1c(CNC(C)(C)C)cnn1C(CC)CC. The molecule has 0 spiro atoms. The minimum atomic E-state index is 0.153. The van der Waals surface area contributed by atoms with Crippen LogP contribution in [0.15, 0.2) is 6.20 Å². The van der Waals surface area contributed by atoms with Crippen molar-refractivity contribution in [1.82, 2.24) is 15.1 Å². The summed E-state index contributed by atoms with van der Waals surface area (Å²) in [5, 5.41) is 8.23. The van der Waals surface area contributed by atoms with E-state index in [0.29, 0.717) is 6.04 Å². The second-order valence-electron chi connectivity index (χ2n) is 6.38. The fraction of sp³-hybridized carbons (Fsp3) is 0.812. The molecule has 0 bridgehead atoms. The molecule has 1 rings (SSSR count). The van der Waals surface area contributed by atoms with Gasteiger partial charge in [0.25, 0.3) is 0 Å². The molecule has 3 heteroatoms. The van der Waals surface area contributed by atoms with Crippen LogP contribution in [0.2, 0.25) is 0 Å². The summed E-state index contributed by atoms with van der Waals surface area (Å²) in [6.07, 6.45) is 6.66. The molecule has 0 radical (unpaired) electrons. The Morgan fingerprint density at radius 2 is 1.84 bits per heavy atom. The van der Waals surface area contributed by atoms with E-state index in [9.17, 15) is 0 Å². The molecule has 1 heterocycles. The van der Waals surface area contributed by atoms with E-state index in [0.717, 1.165) is 25.8 Å². The molecule has 0 amide bonds. The summed E-state index contributed by atoms with van der Waals surface area (Å²) in [6, 6.07) is 0.546. The standard InChI is InChI=1S/C16H31N3/c1-7-10-15-13(11-17-16(4,5)6)12-18-19(15)14(8-2)9-3/h12,14,17H,7-11H2,1-6H3. The smallest absolute Gasteiger partial charge is 0.0537 e. The molecule has 0 aliphatic heterocycles. The van der Waals surface area contributed by atoms with Crippen LogP contribution < -0.4 is 5.32 Å². The van der Waals surface area contributed by atoms with Crippen molar-refractivity contribution in [3.63, 3.8) is 0 Å². The molecule has 0 aliphatic rings. The van der Waals surface area contributed by atoms with Gasteiger partial charge in [0.15, 0.2) is 0 Å². The number of hydrogen-bond acceptors (Lipinski definition) is 2. The van der Waals surface area contributed by atoms with E-state index < -0.39 is 0 Å². The molecule has 0 saturated heterocycles. The zero-order valence-corrected chi connectivity index (χ0v) is 13.6. The minimum Gasteiger partial charge on any atom is -0.308 e. The molecule has 1 aromatic rings. The summed E-state index contributed by atoms with van der Waals surface area (Å²) in [5.74, 6) is 0. The van der Waals surface area contributed by atoms with Gasteiger partial charge >= 0.3 is 0 Å². The molecule has 0 atom stereocenters. The van der Waals surface area contributed by atoms with Crippen LogP contribution in [-0.2, 0) is 13.0 Å². The molecule has 19 heavy (non-hydrogen) atoms. The Labute approximate surface area is 118 Å². The number of nitrogens with one attached hydrogen (secondary N) is 1. The minimum absolute atomic E-state index is 0.153. The van der Waals surface area contributed by atoms with E-state index in [1.54, 1.807) is 0 Å². The summed E-state index contributed by atoms with van der Waals surface area (Å²) in [7, 11) is 0. The fourth-order valence-corrected chi connectivity index (χ4v) is 2.39. The van der Waals surface area contributed by atoms with Crippen molar-refractivity contribution in [2.45, 2.75) is 85.4 Å². The lowest BCUT2D eigenvalue weighted by Gasteiger charge is -2.21. The highest BCUT2D eigenvalue weighted by atomic mass is 15.3. The van der Waals surface area contributed by atoms with Gasteiger partial charge in [-0.2, -0.15) is 5.10 Å². The van der Waals surface area contributed by atoms with E-state index in [1.165, 1.54) is 17.7 Å². The summed E-state index contributed by atoms with van der Waals surface area (Å²) in [6.45, 7) is 14.3. The number of hydrogen-bond donors (Lipinski definition) is 1. The molecule has 1 aromatic heterocycles. The third-order valence-electron chi connectivity index (χ3n) is 3.57. The van der Waals surface area contributed by atoms with Crippen LogP contribution in [-0.4, -0.2) is 15.3 Å². The normalized spacial score (nSPS) is 12.4. The Morgan fingerprint density at radius 1 is 1.21 bits per heavy atom. The van der Waals surface area contributed by atoms with Gasteiger partial charge in [-0.1, -0.05) is 27.2 Å². The van der Waals surface area contributed by atoms with Crippen LogP contribution >= 0.6 is 0 Å². The Morgan fingerprint density at radius 3 is 2.32 bits per heavy atom. The third-order valence-corrected chi connectivity index (χ3v) is 3.57. The molecule has 110 valence electrons. The topological polar surface area (TPSA) is 29.9 Å². The second kappa shape index (κ2) is 7.09. The van der Waals surface area contributed by atoms with Crippen molar-refractivity contribution in [2.75, 3.05) is 0 Å². The van der Waals surface area contributed by atoms with Crippen molar-refractivity contribution in [3.8, 4) is 0 Å². The van der Waals surface area contributed by atoms with Gasteiger partial charge in [-0.25, -0.2) is 0 Å². The first-order valence-corrected chi connectivity index (χ1v) is 7.73. The number of aromatic nitrogens is 2. The molecule has 0 aromatic carbocycles. The third kappa shape index (κ3) is 4.64. The van der Waals surface area contributed by atoms with Gasteiger partial charge in [0.1, 0.15) is 0 Å². The average molecular weight is 265 g/mol. The van der Waals surface area contributed by atoms with Crippen molar-refractivity contribution in [3.05, 3.63) is 17.5 Å². The van der Waals surface area contributed by atoms with Crippen LogP contribution in [0.3, 0.4) is 0 Å². The van der Waals surface area contributed by atoms with Gasteiger partial charge in [-0.05, 0) is 40.0 Å². The van der Waals surface area contributed by atoms with Crippen molar-refractivity contribution in [1.29, 1.82) is 0 Å². The fourth-order valence-electron chi connectivity index (χ4n) is 2.39. The highest BCUT2D eigenvalue weighted by molar-refractivity contribution is 5.19. The van der Waals surface area contributed by atoms with Crippen LogP contribution in [0.5, 0.6) is 0 Å². The second-order valence-corrected chi connectivity index (χ2v) is 6.38. The van der Waals surface area contributed by atoms with Crippen LogP contribution in [0, 0.1) is 0 Å². The Hall–Kier alpha value is -0.830. The van der Waals surface area contributed by atoms with E-state index in [-0.39, 0.29) is 5.54 Å². The Balaban J connectivity index is 2.92. The van der Waals surface area contributed by atoms with Crippen LogP contribution in [0.25, 0.3) is 0 Å². The van der Waals surface area contributed by atoms with Gasteiger partial charge in [-0.3, -0.25) is 4.68 Å². The molecule has 0 saturated carbocycles. The van der Waals surface area contributed by atoms with Crippen LogP contribution in [0.1, 0.15) is 78.1 Å². The van der Waals surface area contributed by atoms with E-state index >= 15 is 0 Å². The number of nitrogens with zero attached hydrogens (tertiary/aromatic N) is 2. The predicted molar refractivity (Wildman–Crippen MR) is 82.4 cm³/mol. The van der Waals surface area contributed by atoms with Gasteiger partial charge in [0, 0.05) is 23.3 Å². The van der Waals surface area contributed by atoms with Crippen molar-refractivity contribution < 1.29 is 0 Å². The highest BCUT2D eigenvalue weighted by Crippen LogP contribution is 2.21. The van der Waals surface area contributed by atoms with Gasteiger partial charge in [0.2, 0.25) is 0 Å². The first-order chi connectivity index (χ1) is 8.92. The molecular formula is C16H31N3. The quantitative estimate of drug-likeness (QED) is 0.805. The largest absolute Gasteiger partial charge is 0.308 e. The molecule has 1 N–H and O–H groups in total. The maximum atomic E-state index is 4.65. The zero-order valence-electron chi connectivity index (χ0n) is 13.6. The summed E-state index contributed by atoms with van der Waals surface area (Å²) in [4.78, 5) is 0. The van der Waals surface area contributed by atoms with Gasteiger partial charge in [-0.15, -0.1) is 0 Å². The maximum Gasteiger partial charge on any atom is 0.0537 e. The zero-order chi connectivity index (χ0) is 14.5. The molecule has 0 aliphatic carbocycles. The predicted octanol–water partition coefficient (Wildman–Crippen LogP) is 4.08. The first kappa shape index (κ1) is 16.2. The van der Waals surface area contributed by atoms with E-state index in [1.807, 2.05) is 0 Å². The maximum absolute atomic E-state index is 4.65. The summed E-state index contributed by atoms with van der Waals surface area (Å²) < 4.78 is 2.27. The molecule has 3 nitrogen and oxygen atoms in total. The Kier molecular flexibility index (Phi) is 6.05. The number of rotatable bonds is 7. The average Bonchev–Trinajstić information content (AvgIpc) is 2.72. The lowest BCUT2D eigenvalue weighted by Crippen LogP contribution is -2.35. The van der Waals surface area contributed by atoms with Crippen molar-refractivity contribution >= 4 is 0 Å². The molecule has 0 unspecified atom stereocenters.